The molecule has 0 aliphatic heterocycles. The van der Waals surface area contributed by atoms with Gasteiger partial charge in [-0.3, -0.25) is 99.1 Å². The van der Waals surface area contributed by atoms with Crippen LogP contribution in [0.4, 0.5) is 15.3 Å². The Kier molecular flexibility index (Phi) is 68.0. The predicted octanol–water partition coefficient (Wildman–Crippen LogP) is 1.73. The number of aliphatic hydroxyl groups excluding tert-OH is 2. The van der Waals surface area contributed by atoms with E-state index in [-0.39, 0.29) is 177 Å². The van der Waals surface area contributed by atoms with E-state index < -0.39 is 117 Å². The largest absolute Gasteiger partial charge is 0.513 e. The van der Waals surface area contributed by atoms with Crippen molar-refractivity contribution in [2.75, 3.05) is 65.7 Å². The first-order chi connectivity index (χ1) is 51.5. The van der Waals surface area contributed by atoms with E-state index >= 15 is 0 Å². The highest BCUT2D eigenvalue weighted by atomic mass is 16.7. The summed E-state index contributed by atoms with van der Waals surface area (Å²) >= 11 is 0. The number of hydrogen-bond acceptors (Lipinski definition) is 34. The lowest BCUT2D eigenvalue weighted by Crippen LogP contribution is -2.32. The molecule has 0 fully saturated rings. The molecule has 1 aromatic carbocycles. The third-order valence-electron chi connectivity index (χ3n) is 10.7. The van der Waals surface area contributed by atoms with Crippen LogP contribution < -0.4 is 60.4 Å². The molecule has 0 heterocycles. The first kappa shape index (κ1) is 115. The molecule has 43 heteroatoms. The average Bonchev–Trinajstić information content (AvgIpc) is 0.889. The van der Waals surface area contributed by atoms with Crippen molar-refractivity contribution >= 4 is 107 Å². The van der Waals surface area contributed by atoms with Crippen molar-refractivity contribution in [2.45, 2.75) is 235 Å². The second-order valence-corrected chi connectivity index (χ2v) is 27.3. The van der Waals surface area contributed by atoms with Gasteiger partial charge < -0.3 is 96.2 Å². The lowest BCUT2D eigenvalue weighted by molar-refractivity contribution is -0.384. The molecule has 5 amide bonds. The minimum absolute atomic E-state index is 0.00218. The highest BCUT2D eigenvalue weighted by molar-refractivity contribution is 5.89. The number of aliphatic hydroxyl groups is 2. The van der Waals surface area contributed by atoms with Crippen molar-refractivity contribution in [3.05, 3.63) is 34.4 Å². The van der Waals surface area contributed by atoms with E-state index in [0.717, 1.165) is 0 Å². The third-order valence-corrected chi connectivity index (χ3v) is 10.7. The molecule has 644 valence electrons. The van der Waals surface area contributed by atoms with Gasteiger partial charge in [0.15, 0.2) is 17.3 Å². The summed E-state index contributed by atoms with van der Waals surface area (Å²) < 4.78 is 39.3. The van der Waals surface area contributed by atoms with E-state index in [2.05, 4.69) is 43.4 Å². The summed E-state index contributed by atoms with van der Waals surface area (Å²) in [4.78, 5) is 198. The number of ketones is 3. The fraction of sp³-hybridized carbons (Fsp3) is 0.667. The number of hydrogen-bond donors (Lipinski definition) is 15. The van der Waals surface area contributed by atoms with Crippen molar-refractivity contribution in [2.24, 2.45) is 29.0 Å². The molecule has 0 aliphatic rings. The molecule has 1 aromatic rings. The van der Waals surface area contributed by atoms with Crippen molar-refractivity contribution in [3.8, 4) is 5.75 Å². The van der Waals surface area contributed by atoms with Crippen LogP contribution in [-0.4, -0.2) is 225 Å². The molecule has 0 radical (unpaired) electrons. The number of aliphatic carboxylic acids is 3. The third kappa shape index (κ3) is 95.6. The van der Waals surface area contributed by atoms with E-state index in [1.807, 2.05) is 0 Å². The van der Waals surface area contributed by atoms with Gasteiger partial charge in [0.25, 0.3) is 5.69 Å². The Morgan fingerprint density at radius 1 is 0.402 bits per heavy atom. The number of nitro groups is 1. The highest BCUT2D eigenvalue weighted by Gasteiger charge is 2.22. The van der Waals surface area contributed by atoms with Crippen LogP contribution in [0, 0.1) is 10.1 Å². The molecule has 0 saturated heterocycles. The number of non-ortho nitro benzene ring substituents is 1. The molecular formula is C69H121N11O32. The fourth-order valence-electron chi connectivity index (χ4n) is 6.36. The number of amides is 5. The number of carbonyl (C=O) groups excluding carboxylic acids is 14. The van der Waals surface area contributed by atoms with E-state index in [9.17, 15) is 91.6 Å². The molecule has 0 bridgehead atoms. The zero-order chi connectivity index (χ0) is 88.5. The van der Waals surface area contributed by atoms with Gasteiger partial charge in [0.05, 0.1) is 89.4 Å². The first-order valence-electron chi connectivity index (χ1n) is 34.6. The zero-order valence-electron chi connectivity index (χ0n) is 66.8. The number of benzene rings is 1. The zero-order valence-corrected chi connectivity index (χ0v) is 66.8. The van der Waals surface area contributed by atoms with Gasteiger partial charge in [-0.2, -0.15) is 0 Å². The lowest BCUT2D eigenvalue weighted by Gasteiger charge is -2.19. The molecular weight excluding hydrogens is 1490 g/mol. The minimum Gasteiger partial charge on any atom is -0.481 e. The molecule has 0 aromatic heterocycles. The second kappa shape index (κ2) is 66.3. The van der Waals surface area contributed by atoms with Crippen LogP contribution in [0.25, 0.3) is 0 Å². The number of rotatable bonds is 38. The number of nitrogens with zero attached hydrogens (tertiary/aromatic N) is 1. The maximum absolute atomic E-state index is 11.8. The fourth-order valence-corrected chi connectivity index (χ4v) is 6.36. The Hall–Kier alpha value is -10.5. The lowest BCUT2D eigenvalue weighted by atomic mass is 10.2. The van der Waals surface area contributed by atoms with Gasteiger partial charge in [0.1, 0.15) is 40.3 Å². The first-order valence-corrected chi connectivity index (χ1v) is 34.6. The highest BCUT2D eigenvalue weighted by Crippen LogP contribution is 2.18. The van der Waals surface area contributed by atoms with Gasteiger partial charge in [-0.15, -0.1) is 0 Å². The summed E-state index contributed by atoms with van der Waals surface area (Å²) in [6, 6.07) is 4.88. The number of hydrazine groups is 2. The number of nitro benzene ring substituents is 1. The van der Waals surface area contributed by atoms with E-state index in [0.29, 0.717) is 19.4 Å². The Morgan fingerprint density at radius 3 is 0.920 bits per heavy atom. The minimum atomic E-state index is -1.12. The van der Waals surface area contributed by atoms with Crippen molar-refractivity contribution < 1.29 is 150 Å². The average molecular weight is 1620 g/mol. The number of Topliss-reactive ketones (excluding diaryl/α,β-unsaturated/α-hetero) is 3. The molecule has 0 unspecified atom stereocenters. The molecule has 43 nitrogen and oxygen atoms in total. The van der Waals surface area contributed by atoms with Gasteiger partial charge in [-0.25, -0.2) is 15.4 Å². The maximum atomic E-state index is 11.8. The molecule has 0 spiro atoms. The molecule has 1 rings (SSSR count). The molecule has 20 N–H and O–H groups in total. The monoisotopic (exact) mass is 1620 g/mol. The Bertz CT molecular complexity index is 3020. The Labute approximate surface area is 650 Å². The number of ether oxygens (including phenoxy) is 8. The standard InChI is InChI=1S/C20H26N2O9.C14H25N3O6.C13H23NO5.C10H17NO5.C8H14O4.C2H5NO2.C2H7NO.H4N2/c1-20(2,3)31-18(25)11-10-17(24)21-13-15(23)5-4-12-29-19(26)30-16-8-6-14(7-9-16)22(27)28;1-14(2,3)23-12(20)7-6-11(19)16-9-10(18)5-4-8-22-13(21)17-15;1-13(2,3)19-12(18)7-6-11(17)14-9-10(16)5-4-8-15;1-10(2,3)16-9(15)5-4-7(12)11-6-8(13)14;1-8(2,3)12-7(11)5-4-6(9)10;3-1-2(4)5;3-1-2-4;1-2/h6-9H,4-5,10-13H2,1-3H3,(H,21,24);4-9,15H2,1-3H3,(H,16,19)(H,17,21);15H,4-9H2,1-3H3,(H,14,17);4-6H2,1-3H3,(H,11,12)(H,13,14);4-5H2,1-3H3,(H,9,10);1,3H2,(H,4,5);4H,1-3H2;1-2H2. The molecule has 0 aliphatic carbocycles. The Balaban J connectivity index is -0.000000244. The van der Waals surface area contributed by atoms with Crippen LogP contribution in [0.15, 0.2) is 24.3 Å². The summed E-state index contributed by atoms with van der Waals surface area (Å²) in [5.41, 5.74) is 8.11. The van der Waals surface area contributed by atoms with Gasteiger partial charge in [0, 0.05) is 70.2 Å². The van der Waals surface area contributed by atoms with E-state index in [1.165, 1.54) is 24.3 Å². The number of carbonyl (C=O) groups is 17. The van der Waals surface area contributed by atoms with Crippen LogP contribution >= 0.6 is 0 Å². The van der Waals surface area contributed by atoms with Crippen LogP contribution in [0.1, 0.15) is 207 Å². The Morgan fingerprint density at radius 2 is 0.679 bits per heavy atom. The number of carboxylic acids is 3. The van der Waals surface area contributed by atoms with E-state index in [4.69, 9.17) is 70.3 Å². The SMILES string of the molecule is CC(C)(C)OC(=O)CCC(=O)NCC(=O)CCCO.CC(C)(C)OC(=O)CCC(=O)NCC(=O)CCCOC(=O)NN.CC(C)(C)OC(=O)CCC(=O)NCC(=O)CCCOC(=O)Oc1ccc([N+](=O)[O-])cc1.CC(C)(C)OC(=O)CCC(=O)NCC(=O)O.CC(C)(C)OC(=O)CCC(=O)O.NCC(=O)O.NCCO.NN. The quantitative estimate of drug-likeness (QED) is 0.00655. The number of nitrogens with one attached hydrogen (secondary N) is 5. The maximum Gasteiger partial charge on any atom is 0.513 e. The van der Waals surface area contributed by atoms with Crippen LogP contribution in [0.3, 0.4) is 0 Å². The van der Waals surface area contributed by atoms with Crippen molar-refractivity contribution in [1.29, 1.82) is 0 Å². The van der Waals surface area contributed by atoms with Crippen LogP contribution in [0.5, 0.6) is 5.75 Å². The van der Waals surface area contributed by atoms with Gasteiger partial charge in [-0.1, -0.05) is 0 Å². The van der Waals surface area contributed by atoms with E-state index in [1.54, 1.807) is 109 Å². The molecule has 0 atom stereocenters. The smallest absolute Gasteiger partial charge is 0.481 e. The molecule has 112 heavy (non-hydrogen) atoms. The van der Waals surface area contributed by atoms with Gasteiger partial charge in [-0.05, 0) is 135 Å². The number of nitrogens with two attached hydrogens (primary N) is 5. The van der Waals surface area contributed by atoms with Gasteiger partial charge in [0.2, 0.25) is 23.6 Å². The van der Waals surface area contributed by atoms with Crippen LogP contribution in [0.2, 0.25) is 0 Å². The number of esters is 5. The number of carboxylic acid groups (broad SMARTS) is 3. The summed E-state index contributed by atoms with van der Waals surface area (Å²) in [6.45, 7) is 25.4. The van der Waals surface area contributed by atoms with Crippen molar-refractivity contribution in [1.82, 2.24) is 26.7 Å². The second-order valence-electron chi connectivity index (χ2n) is 27.3. The summed E-state index contributed by atoms with van der Waals surface area (Å²) in [6.07, 6.45) is -0.963. The molecule has 0 saturated carbocycles. The van der Waals surface area contributed by atoms with Crippen LogP contribution in [-0.2, 0) is 105 Å². The topological polar surface area (TPSA) is 699 Å². The van der Waals surface area contributed by atoms with Crippen molar-refractivity contribution in [3.63, 3.8) is 0 Å². The van der Waals surface area contributed by atoms with Gasteiger partial charge >= 0.3 is 60.0 Å². The summed E-state index contributed by atoms with van der Waals surface area (Å²) in [5, 5.41) is 60.4. The predicted molar refractivity (Wildman–Crippen MR) is 397 cm³/mol. The summed E-state index contributed by atoms with van der Waals surface area (Å²) in [5.74, 6) is 5.20. The normalized spacial score (nSPS) is 10.3. The summed E-state index contributed by atoms with van der Waals surface area (Å²) in [7, 11) is 0.